The van der Waals surface area contributed by atoms with Gasteiger partial charge in [0.15, 0.2) is 0 Å². The quantitative estimate of drug-likeness (QED) is 0.719. The number of H-pyrrole nitrogens is 1. The highest BCUT2D eigenvalue weighted by Crippen LogP contribution is 2.16. The van der Waals surface area contributed by atoms with Gasteiger partial charge >= 0.3 is 0 Å². The third-order valence-electron chi connectivity index (χ3n) is 2.61. The lowest BCUT2D eigenvalue weighted by atomic mass is 10.1. The van der Waals surface area contributed by atoms with Crippen molar-refractivity contribution in [1.82, 2.24) is 15.0 Å². The van der Waals surface area contributed by atoms with Gasteiger partial charge in [0, 0.05) is 6.20 Å². The summed E-state index contributed by atoms with van der Waals surface area (Å²) in [6.45, 7) is 0. The average molecular weight is 238 g/mol. The number of aromatic amines is 1. The lowest BCUT2D eigenvalue weighted by Gasteiger charge is -2.04. The summed E-state index contributed by atoms with van der Waals surface area (Å²) < 4.78 is 0. The zero-order valence-electron chi connectivity index (χ0n) is 9.42. The maximum absolute atomic E-state index is 12.1. The Labute approximate surface area is 103 Å². The van der Waals surface area contributed by atoms with Gasteiger partial charge in [0.2, 0.25) is 0 Å². The van der Waals surface area contributed by atoms with Crippen LogP contribution in [0.3, 0.4) is 0 Å². The van der Waals surface area contributed by atoms with Crippen molar-refractivity contribution < 1.29 is 4.79 Å². The Kier molecular flexibility index (Phi) is 2.49. The lowest BCUT2D eigenvalue weighted by molar-refractivity contribution is 0.102. The number of carbonyl (C=O) groups is 1. The maximum Gasteiger partial charge on any atom is 0.257 e. The zero-order valence-corrected chi connectivity index (χ0v) is 9.42. The lowest BCUT2D eigenvalue weighted by Crippen LogP contribution is -2.12. The molecular formula is C13H10N4O. The van der Waals surface area contributed by atoms with E-state index in [1.807, 2.05) is 12.1 Å². The Bertz CT molecular complexity index is 690. The van der Waals surface area contributed by atoms with Gasteiger partial charge in [-0.05, 0) is 24.3 Å². The van der Waals surface area contributed by atoms with E-state index in [1.54, 1.807) is 36.9 Å². The first-order chi connectivity index (χ1) is 8.84. The van der Waals surface area contributed by atoms with Crippen molar-refractivity contribution in [2.75, 3.05) is 5.32 Å². The van der Waals surface area contributed by atoms with Gasteiger partial charge in [-0.3, -0.25) is 9.78 Å². The third kappa shape index (κ3) is 1.82. The van der Waals surface area contributed by atoms with Crippen molar-refractivity contribution >= 4 is 22.6 Å². The van der Waals surface area contributed by atoms with Crippen molar-refractivity contribution in [2.24, 2.45) is 0 Å². The predicted molar refractivity (Wildman–Crippen MR) is 68.3 cm³/mol. The molecule has 0 fully saturated rings. The molecule has 2 aromatic heterocycles. The van der Waals surface area contributed by atoms with Gasteiger partial charge in [-0.1, -0.05) is 6.07 Å². The minimum Gasteiger partial charge on any atom is -0.345 e. The molecule has 0 aliphatic rings. The topological polar surface area (TPSA) is 70.7 Å². The number of para-hydroxylation sites is 1. The molecule has 0 bridgehead atoms. The Hall–Kier alpha value is -2.69. The number of hydrogen-bond donors (Lipinski definition) is 2. The van der Waals surface area contributed by atoms with Gasteiger partial charge in [-0.25, -0.2) is 4.98 Å². The van der Waals surface area contributed by atoms with Crippen LogP contribution in [0.1, 0.15) is 10.4 Å². The minimum absolute atomic E-state index is 0.194. The summed E-state index contributed by atoms with van der Waals surface area (Å²) in [5.74, 6) is -0.194. The molecule has 88 valence electrons. The molecule has 0 atom stereocenters. The number of nitrogens with one attached hydrogen (secondary N) is 2. The molecule has 2 N–H and O–H groups in total. The first kappa shape index (κ1) is 10.5. The summed E-state index contributed by atoms with van der Waals surface area (Å²) in [7, 11) is 0. The Morgan fingerprint density at radius 3 is 3.00 bits per heavy atom. The molecule has 0 saturated heterocycles. The summed E-state index contributed by atoms with van der Waals surface area (Å²) in [4.78, 5) is 23.2. The van der Waals surface area contributed by atoms with Crippen molar-refractivity contribution in [2.45, 2.75) is 0 Å². The third-order valence-corrected chi connectivity index (χ3v) is 2.61. The molecule has 5 heteroatoms. The van der Waals surface area contributed by atoms with Crippen LogP contribution in [0.2, 0.25) is 0 Å². The van der Waals surface area contributed by atoms with E-state index in [1.165, 1.54) is 0 Å². The van der Waals surface area contributed by atoms with Crippen LogP contribution >= 0.6 is 0 Å². The molecule has 0 aliphatic carbocycles. The largest absolute Gasteiger partial charge is 0.345 e. The van der Waals surface area contributed by atoms with E-state index in [2.05, 4.69) is 20.3 Å². The number of imidazole rings is 1. The van der Waals surface area contributed by atoms with Crippen molar-refractivity contribution in [3.63, 3.8) is 0 Å². The van der Waals surface area contributed by atoms with Gasteiger partial charge in [0.05, 0.1) is 29.3 Å². The van der Waals surface area contributed by atoms with E-state index >= 15 is 0 Å². The van der Waals surface area contributed by atoms with Crippen LogP contribution in [-0.4, -0.2) is 20.9 Å². The molecule has 5 nitrogen and oxygen atoms in total. The first-order valence-electron chi connectivity index (χ1n) is 5.48. The highest BCUT2D eigenvalue weighted by Gasteiger charge is 2.11. The first-order valence-corrected chi connectivity index (χ1v) is 5.48. The Morgan fingerprint density at radius 2 is 2.17 bits per heavy atom. The van der Waals surface area contributed by atoms with Crippen LogP contribution < -0.4 is 5.32 Å². The number of carbonyl (C=O) groups excluding carboxylic acids is 1. The fourth-order valence-electron chi connectivity index (χ4n) is 1.78. The normalized spacial score (nSPS) is 10.4. The number of amides is 1. The number of rotatable bonds is 2. The molecular weight excluding hydrogens is 228 g/mol. The zero-order chi connectivity index (χ0) is 12.4. The molecule has 0 spiro atoms. The second-order valence-electron chi connectivity index (χ2n) is 3.80. The number of aromatic nitrogens is 3. The van der Waals surface area contributed by atoms with E-state index in [-0.39, 0.29) is 5.91 Å². The molecule has 3 rings (SSSR count). The van der Waals surface area contributed by atoms with E-state index in [0.29, 0.717) is 16.8 Å². The number of benzene rings is 1. The van der Waals surface area contributed by atoms with Crippen LogP contribution in [0.15, 0.2) is 49.1 Å². The maximum atomic E-state index is 12.1. The molecule has 1 aromatic carbocycles. The molecule has 2 heterocycles. The fraction of sp³-hybridized carbons (Fsp3) is 0. The standard InChI is InChI=1S/C13H10N4O/c18-13(17-9-3-2-6-14-7-9)10-4-1-5-11-12(10)16-8-15-11/h1-8H,(H,15,16)(H,17,18). The summed E-state index contributed by atoms with van der Waals surface area (Å²) >= 11 is 0. The molecule has 1 amide bonds. The molecule has 0 aliphatic heterocycles. The summed E-state index contributed by atoms with van der Waals surface area (Å²) in [5.41, 5.74) is 2.71. The van der Waals surface area contributed by atoms with Crippen LogP contribution in [0, 0.1) is 0 Å². The van der Waals surface area contributed by atoms with Gasteiger partial charge in [-0.2, -0.15) is 0 Å². The van der Waals surface area contributed by atoms with Crippen molar-refractivity contribution in [3.05, 3.63) is 54.6 Å². The number of fused-ring (bicyclic) bond motifs is 1. The summed E-state index contributed by atoms with van der Waals surface area (Å²) in [6, 6.07) is 9.00. The van der Waals surface area contributed by atoms with Crippen molar-refractivity contribution in [1.29, 1.82) is 0 Å². The van der Waals surface area contributed by atoms with E-state index in [4.69, 9.17) is 0 Å². The minimum atomic E-state index is -0.194. The average Bonchev–Trinajstić information content (AvgIpc) is 2.87. The molecule has 0 unspecified atom stereocenters. The van der Waals surface area contributed by atoms with Gasteiger partial charge in [-0.15, -0.1) is 0 Å². The smallest absolute Gasteiger partial charge is 0.257 e. The summed E-state index contributed by atoms with van der Waals surface area (Å²) in [5, 5.41) is 2.78. The van der Waals surface area contributed by atoms with E-state index < -0.39 is 0 Å². The van der Waals surface area contributed by atoms with Crippen molar-refractivity contribution in [3.8, 4) is 0 Å². The SMILES string of the molecule is O=C(Nc1cccnc1)c1cccc2[nH]cnc12. The molecule has 0 saturated carbocycles. The highest BCUT2D eigenvalue weighted by molar-refractivity contribution is 6.11. The Balaban J connectivity index is 1.95. The van der Waals surface area contributed by atoms with E-state index in [0.717, 1.165) is 5.52 Å². The molecule has 18 heavy (non-hydrogen) atoms. The Morgan fingerprint density at radius 1 is 1.22 bits per heavy atom. The summed E-state index contributed by atoms with van der Waals surface area (Å²) in [6.07, 6.45) is 4.83. The van der Waals surface area contributed by atoms with Crippen LogP contribution in [0.25, 0.3) is 11.0 Å². The van der Waals surface area contributed by atoms with Gasteiger partial charge in [0.25, 0.3) is 5.91 Å². The number of hydrogen-bond acceptors (Lipinski definition) is 3. The number of pyridine rings is 1. The molecule has 0 radical (unpaired) electrons. The van der Waals surface area contributed by atoms with Crippen LogP contribution in [0.4, 0.5) is 5.69 Å². The number of anilines is 1. The second-order valence-corrected chi connectivity index (χ2v) is 3.80. The van der Waals surface area contributed by atoms with Gasteiger partial charge in [0.1, 0.15) is 5.52 Å². The van der Waals surface area contributed by atoms with Crippen LogP contribution in [-0.2, 0) is 0 Å². The second kappa shape index (κ2) is 4.29. The number of nitrogens with zero attached hydrogens (tertiary/aromatic N) is 2. The van der Waals surface area contributed by atoms with Crippen LogP contribution in [0.5, 0.6) is 0 Å². The highest BCUT2D eigenvalue weighted by atomic mass is 16.1. The van der Waals surface area contributed by atoms with E-state index in [9.17, 15) is 4.79 Å². The monoisotopic (exact) mass is 238 g/mol. The predicted octanol–water partition coefficient (Wildman–Crippen LogP) is 2.21. The van der Waals surface area contributed by atoms with Gasteiger partial charge < -0.3 is 10.3 Å². The fourth-order valence-corrected chi connectivity index (χ4v) is 1.78. The molecule has 3 aromatic rings.